The van der Waals surface area contributed by atoms with Gasteiger partial charge in [0.15, 0.2) is 6.10 Å². The number of benzene rings is 4. The van der Waals surface area contributed by atoms with E-state index in [0.717, 1.165) is 30.4 Å². The topological polar surface area (TPSA) is 112 Å². The van der Waals surface area contributed by atoms with Crippen LogP contribution >= 0.6 is 58.2 Å². The molecule has 0 aliphatic carbocycles. The summed E-state index contributed by atoms with van der Waals surface area (Å²) in [6.45, 7) is 8.06. The number of hydrogen-bond acceptors (Lipinski definition) is 6. The van der Waals surface area contributed by atoms with Crippen LogP contribution in [-0.2, 0) is 14.4 Å². The number of unbranched alkanes of at least 4 members (excludes halogenated alkanes) is 10. The SMILES string of the molecule is CCCCCCCCCCCCCC(=O)Nc1ccc(Cl)c(N=C2NN(c3c(Cl)cc(Cl)cc3Cl)C(=O)C2Sc2ccccc2NC(=O)C(CC)Oc2ccc(C)cc2C)c1. The summed E-state index contributed by atoms with van der Waals surface area (Å²) in [7, 11) is 0. The molecule has 1 saturated heterocycles. The van der Waals surface area contributed by atoms with Crippen LogP contribution < -0.4 is 25.8 Å². The van der Waals surface area contributed by atoms with Crippen LogP contribution in [0.15, 0.2) is 82.7 Å². The van der Waals surface area contributed by atoms with Gasteiger partial charge in [-0.15, -0.1) is 11.8 Å². The Morgan fingerprint density at radius 3 is 2.11 bits per heavy atom. The minimum absolute atomic E-state index is 0.0963. The number of carbonyl (C=O) groups is 3. The minimum atomic E-state index is -0.982. The molecule has 2 unspecified atom stereocenters. The summed E-state index contributed by atoms with van der Waals surface area (Å²) in [6.07, 6.45) is 13.3. The molecule has 3 amide bonds. The normalized spacial score (nSPS) is 14.9. The Kier molecular flexibility index (Phi) is 19.0. The predicted molar refractivity (Wildman–Crippen MR) is 256 cm³/mol. The van der Waals surface area contributed by atoms with Crippen molar-refractivity contribution < 1.29 is 19.1 Å². The summed E-state index contributed by atoms with van der Waals surface area (Å²) in [5, 5.41) is 7.14. The molecule has 9 nitrogen and oxygen atoms in total. The number of halogens is 4. The molecule has 1 heterocycles. The van der Waals surface area contributed by atoms with Crippen molar-refractivity contribution in [1.82, 2.24) is 5.43 Å². The number of hydrazine groups is 1. The second kappa shape index (κ2) is 24.1. The molecule has 0 aromatic heterocycles. The molecule has 1 aliphatic rings. The molecule has 0 saturated carbocycles. The molecule has 5 rings (SSSR count). The number of para-hydroxylation sites is 1. The lowest BCUT2D eigenvalue weighted by Crippen LogP contribution is -2.36. The lowest BCUT2D eigenvalue weighted by molar-refractivity contribution is -0.123. The molecule has 3 N–H and O–H groups in total. The molecule has 0 bridgehead atoms. The second-order valence-corrected chi connectivity index (χ2v) is 18.1. The molecule has 14 heteroatoms. The van der Waals surface area contributed by atoms with E-state index in [9.17, 15) is 14.4 Å². The number of hydrogen-bond donors (Lipinski definition) is 3. The monoisotopic (exact) mass is 925 g/mol. The average molecular weight is 928 g/mol. The maximum Gasteiger partial charge on any atom is 0.267 e. The lowest BCUT2D eigenvalue weighted by atomic mass is 10.1. The first-order chi connectivity index (χ1) is 29.4. The highest BCUT2D eigenvalue weighted by atomic mass is 35.5. The van der Waals surface area contributed by atoms with E-state index in [1.54, 1.807) is 36.4 Å². The first-order valence-electron chi connectivity index (χ1n) is 21.1. The highest BCUT2D eigenvalue weighted by molar-refractivity contribution is 8.01. The van der Waals surface area contributed by atoms with Gasteiger partial charge in [0.25, 0.3) is 11.8 Å². The molecular formula is C47H55Cl4N5O4S. The van der Waals surface area contributed by atoms with Crippen molar-refractivity contribution in [3.63, 3.8) is 0 Å². The number of rotatable bonds is 22. The van der Waals surface area contributed by atoms with Crippen molar-refractivity contribution in [2.45, 2.75) is 127 Å². The van der Waals surface area contributed by atoms with Gasteiger partial charge in [0.2, 0.25) is 5.91 Å². The number of aryl methyl sites for hydroxylation is 2. The number of amidine groups is 1. The summed E-state index contributed by atoms with van der Waals surface area (Å²) >= 11 is 27.3. The highest BCUT2D eigenvalue weighted by Crippen LogP contribution is 2.41. The van der Waals surface area contributed by atoms with Crippen molar-refractivity contribution in [3.05, 3.63) is 104 Å². The maximum absolute atomic E-state index is 14.4. The lowest BCUT2D eigenvalue weighted by Gasteiger charge is -2.20. The first kappa shape index (κ1) is 48.1. The number of aliphatic imine (C=N–C) groups is 1. The Hall–Kier alpha value is -3.93. The van der Waals surface area contributed by atoms with Crippen molar-refractivity contribution in [2.24, 2.45) is 4.99 Å². The zero-order chi connectivity index (χ0) is 43.9. The molecule has 1 aliphatic heterocycles. The Bertz CT molecular complexity index is 2160. The fourth-order valence-corrected chi connectivity index (χ4v) is 9.19. The molecule has 2 atom stereocenters. The van der Waals surface area contributed by atoms with Gasteiger partial charge in [0.05, 0.1) is 26.4 Å². The number of ether oxygens (including phenoxy) is 1. The van der Waals surface area contributed by atoms with Crippen LogP contribution in [0.3, 0.4) is 0 Å². The van der Waals surface area contributed by atoms with Crippen molar-refractivity contribution >= 4 is 104 Å². The summed E-state index contributed by atoms with van der Waals surface area (Å²) < 4.78 is 6.17. The number of thioether (sulfide) groups is 1. The number of carbonyl (C=O) groups excluding carboxylic acids is 3. The summed E-state index contributed by atoms with van der Waals surface area (Å²) in [6, 6.07) is 21.0. The van der Waals surface area contributed by atoms with Crippen LogP contribution in [-0.4, -0.2) is 34.9 Å². The average Bonchev–Trinajstić information content (AvgIpc) is 3.50. The van der Waals surface area contributed by atoms with Crippen LogP contribution in [0, 0.1) is 13.8 Å². The molecule has 4 aromatic rings. The second-order valence-electron chi connectivity index (χ2n) is 15.3. The van der Waals surface area contributed by atoms with Gasteiger partial charge in [-0.1, -0.05) is 154 Å². The van der Waals surface area contributed by atoms with E-state index in [1.165, 1.54) is 80.3 Å². The van der Waals surface area contributed by atoms with E-state index < -0.39 is 17.3 Å². The maximum atomic E-state index is 14.4. The predicted octanol–water partition coefficient (Wildman–Crippen LogP) is 14.1. The Morgan fingerprint density at radius 1 is 0.803 bits per heavy atom. The molecular weight excluding hydrogens is 872 g/mol. The largest absolute Gasteiger partial charge is 0.480 e. The van der Waals surface area contributed by atoms with Crippen molar-refractivity contribution in [3.8, 4) is 5.75 Å². The highest BCUT2D eigenvalue weighted by Gasteiger charge is 2.41. The van der Waals surface area contributed by atoms with Crippen molar-refractivity contribution in [1.29, 1.82) is 0 Å². The van der Waals surface area contributed by atoms with Crippen LogP contribution in [0.4, 0.5) is 22.7 Å². The molecule has 326 valence electrons. The third-order valence-electron chi connectivity index (χ3n) is 10.3. The smallest absolute Gasteiger partial charge is 0.267 e. The summed E-state index contributed by atoms with van der Waals surface area (Å²) in [5.41, 5.74) is 6.64. The van der Waals surface area contributed by atoms with Gasteiger partial charge in [-0.3, -0.25) is 19.8 Å². The Balaban J connectivity index is 1.32. The van der Waals surface area contributed by atoms with E-state index in [4.69, 9.17) is 56.1 Å². The molecule has 0 radical (unpaired) electrons. The zero-order valence-electron chi connectivity index (χ0n) is 35.2. The quantitative estimate of drug-likeness (QED) is 0.0677. The van der Waals surface area contributed by atoms with E-state index in [1.807, 2.05) is 45.0 Å². The van der Waals surface area contributed by atoms with Crippen LogP contribution in [0.1, 0.15) is 108 Å². The van der Waals surface area contributed by atoms with Gasteiger partial charge in [0, 0.05) is 22.0 Å². The van der Waals surface area contributed by atoms with Gasteiger partial charge in [-0.25, -0.2) is 10.0 Å². The molecule has 4 aromatic carbocycles. The van der Waals surface area contributed by atoms with E-state index >= 15 is 0 Å². The van der Waals surface area contributed by atoms with E-state index in [0.29, 0.717) is 50.6 Å². The van der Waals surface area contributed by atoms with Gasteiger partial charge < -0.3 is 15.4 Å². The number of anilines is 3. The zero-order valence-corrected chi connectivity index (χ0v) is 39.1. The fourth-order valence-electron chi connectivity index (χ4n) is 6.97. The van der Waals surface area contributed by atoms with Gasteiger partial charge >= 0.3 is 0 Å². The molecule has 61 heavy (non-hydrogen) atoms. The number of nitrogens with zero attached hydrogens (tertiary/aromatic N) is 2. The van der Waals surface area contributed by atoms with Crippen molar-refractivity contribution in [2.75, 3.05) is 15.6 Å². The van der Waals surface area contributed by atoms with Crippen LogP contribution in [0.2, 0.25) is 20.1 Å². The van der Waals surface area contributed by atoms with E-state index in [-0.39, 0.29) is 33.4 Å². The Morgan fingerprint density at radius 2 is 1.46 bits per heavy atom. The van der Waals surface area contributed by atoms with Crippen LogP contribution in [0.5, 0.6) is 5.75 Å². The van der Waals surface area contributed by atoms with Gasteiger partial charge in [-0.2, -0.15) is 0 Å². The number of amides is 3. The van der Waals surface area contributed by atoms with Crippen LogP contribution in [0.25, 0.3) is 0 Å². The fraction of sp³-hybridized carbons (Fsp3) is 0.404. The van der Waals surface area contributed by atoms with E-state index in [2.05, 4.69) is 23.0 Å². The Labute approximate surface area is 384 Å². The third kappa shape index (κ3) is 14.0. The molecule has 0 spiro atoms. The van der Waals surface area contributed by atoms with Gasteiger partial charge in [-0.05, 0) is 80.8 Å². The first-order valence-corrected chi connectivity index (χ1v) is 23.5. The molecule has 1 fully saturated rings. The third-order valence-corrected chi connectivity index (χ3v) is 12.6. The summed E-state index contributed by atoms with van der Waals surface area (Å²) in [5.74, 6) is -0.0240. The van der Waals surface area contributed by atoms with Gasteiger partial charge in [0.1, 0.15) is 22.5 Å². The minimum Gasteiger partial charge on any atom is -0.480 e. The summed E-state index contributed by atoms with van der Waals surface area (Å²) in [4.78, 5) is 46.5. The standard InChI is InChI=1S/C47H55Cl4N5O4S/c1-5-7-8-9-10-11-12-13-14-15-16-21-42(57)52-33-23-24-34(49)38(29-33)53-45-44(47(59)56(55-45)43-35(50)27-32(48)28-36(43)51)61-41-20-18-17-19-37(41)54-46(58)39(6-2)60-40-25-22-30(3)26-31(40)4/h17-20,22-29,39,44H,5-16,21H2,1-4H3,(H,52,57)(H,53,55)(H,54,58). The number of nitrogens with one attached hydrogen (secondary N) is 3.